The lowest BCUT2D eigenvalue weighted by molar-refractivity contribution is -0.124. The maximum atomic E-state index is 11.1. The van der Waals surface area contributed by atoms with E-state index in [1.165, 1.54) is 13.3 Å². The third-order valence-corrected chi connectivity index (χ3v) is 1.41. The molecule has 66 valence electrons. The van der Waals surface area contributed by atoms with Gasteiger partial charge in [0, 0.05) is 13.2 Å². The van der Waals surface area contributed by atoms with Crippen molar-refractivity contribution in [2.24, 2.45) is 0 Å². The van der Waals surface area contributed by atoms with Crippen molar-refractivity contribution in [2.45, 2.75) is 13.0 Å². The summed E-state index contributed by atoms with van der Waals surface area (Å²) in [5, 5.41) is 5.91. The fourth-order valence-electron chi connectivity index (χ4n) is 0.610. The topological polar surface area (TPSA) is 64.4 Å². The molecule has 1 aromatic rings. The van der Waals surface area contributed by atoms with Gasteiger partial charge in [0.25, 0.3) is 5.91 Å². The van der Waals surface area contributed by atoms with Gasteiger partial charge in [-0.3, -0.25) is 10.1 Å². The predicted molar refractivity (Wildman–Crippen MR) is 41.6 cm³/mol. The number of ether oxygens (including phenoxy) is 1. The van der Waals surface area contributed by atoms with Crippen LogP contribution in [0.3, 0.4) is 0 Å². The first-order valence-electron chi connectivity index (χ1n) is 3.48. The Morgan fingerprint density at radius 2 is 2.58 bits per heavy atom. The minimum atomic E-state index is -0.491. The summed E-state index contributed by atoms with van der Waals surface area (Å²) < 4.78 is 9.45. The van der Waals surface area contributed by atoms with E-state index >= 15 is 0 Å². The molecule has 1 unspecified atom stereocenters. The predicted octanol–water partition coefficient (Wildman–Crippen LogP) is 0.648. The number of nitrogens with one attached hydrogen (secondary N) is 1. The third kappa shape index (κ3) is 2.06. The second-order valence-corrected chi connectivity index (χ2v) is 2.24. The van der Waals surface area contributed by atoms with Crippen LogP contribution in [0.5, 0.6) is 0 Å². The molecule has 0 fully saturated rings. The number of carbonyl (C=O) groups is 1. The van der Waals surface area contributed by atoms with Crippen molar-refractivity contribution in [3.63, 3.8) is 0 Å². The Balaban J connectivity index is 2.47. The van der Waals surface area contributed by atoms with Crippen molar-refractivity contribution in [3.8, 4) is 0 Å². The van der Waals surface area contributed by atoms with Crippen LogP contribution in [0.2, 0.25) is 0 Å². The standard InChI is InChI=1S/C7H10N2O3/c1-5(11-2)7(10)9-6-3-4-8-12-6/h3-5H,1-2H3,(H,9,10). The molecule has 0 aliphatic carbocycles. The van der Waals surface area contributed by atoms with E-state index in [0.29, 0.717) is 5.88 Å². The van der Waals surface area contributed by atoms with Crippen molar-refractivity contribution >= 4 is 11.8 Å². The van der Waals surface area contributed by atoms with Gasteiger partial charge >= 0.3 is 0 Å². The van der Waals surface area contributed by atoms with E-state index in [9.17, 15) is 4.79 Å². The SMILES string of the molecule is COC(C)C(=O)Nc1ccno1. The zero-order chi connectivity index (χ0) is 8.97. The Kier molecular flexibility index (Phi) is 2.82. The molecule has 5 nitrogen and oxygen atoms in total. The van der Waals surface area contributed by atoms with Gasteiger partial charge in [0.05, 0.1) is 6.20 Å². The minimum Gasteiger partial charge on any atom is -0.372 e. The van der Waals surface area contributed by atoms with Crippen LogP contribution in [0.25, 0.3) is 0 Å². The summed E-state index contributed by atoms with van der Waals surface area (Å²) in [5.41, 5.74) is 0. The number of rotatable bonds is 3. The monoisotopic (exact) mass is 170 g/mol. The van der Waals surface area contributed by atoms with Gasteiger partial charge in [-0.1, -0.05) is 5.16 Å². The van der Waals surface area contributed by atoms with E-state index in [0.717, 1.165) is 0 Å². The van der Waals surface area contributed by atoms with Crippen LogP contribution in [-0.2, 0) is 9.53 Å². The highest BCUT2D eigenvalue weighted by Crippen LogP contribution is 2.04. The Labute approximate surface area is 69.7 Å². The van der Waals surface area contributed by atoms with Crippen LogP contribution in [-0.4, -0.2) is 24.3 Å². The van der Waals surface area contributed by atoms with E-state index < -0.39 is 6.10 Å². The molecule has 0 saturated heterocycles. The lowest BCUT2D eigenvalue weighted by Crippen LogP contribution is -2.26. The Bertz CT molecular complexity index is 245. The minimum absolute atomic E-state index is 0.255. The fraction of sp³-hybridized carbons (Fsp3) is 0.429. The highest BCUT2D eigenvalue weighted by Gasteiger charge is 2.12. The first-order chi connectivity index (χ1) is 5.74. The molecule has 0 radical (unpaired) electrons. The molecule has 0 bridgehead atoms. The number of methoxy groups -OCH3 is 1. The average Bonchev–Trinajstić information content (AvgIpc) is 2.55. The van der Waals surface area contributed by atoms with E-state index in [-0.39, 0.29) is 5.91 Å². The first kappa shape index (κ1) is 8.73. The number of hydrogen-bond donors (Lipinski definition) is 1. The molecule has 1 heterocycles. The number of amides is 1. The second kappa shape index (κ2) is 3.87. The summed E-state index contributed by atoms with van der Waals surface area (Å²) in [6.45, 7) is 1.64. The molecular weight excluding hydrogens is 160 g/mol. The highest BCUT2D eigenvalue weighted by atomic mass is 16.5. The Morgan fingerprint density at radius 1 is 1.83 bits per heavy atom. The lowest BCUT2D eigenvalue weighted by atomic mass is 10.4. The van der Waals surface area contributed by atoms with Crippen molar-refractivity contribution < 1.29 is 14.1 Å². The first-order valence-corrected chi connectivity index (χ1v) is 3.48. The third-order valence-electron chi connectivity index (χ3n) is 1.41. The molecule has 0 aliphatic rings. The Morgan fingerprint density at radius 3 is 3.08 bits per heavy atom. The van der Waals surface area contributed by atoms with Crippen molar-refractivity contribution in [1.82, 2.24) is 5.16 Å². The normalized spacial score (nSPS) is 12.5. The van der Waals surface area contributed by atoms with Crippen molar-refractivity contribution in [2.75, 3.05) is 12.4 Å². The van der Waals surface area contributed by atoms with Crippen LogP contribution in [0.1, 0.15) is 6.92 Å². The molecule has 5 heteroatoms. The number of nitrogens with zero attached hydrogens (tertiary/aromatic N) is 1. The Hall–Kier alpha value is -1.36. The fourth-order valence-corrected chi connectivity index (χ4v) is 0.610. The van der Waals surface area contributed by atoms with Gasteiger partial charge in [-0.15, -0.1) is 0 Å². The average molecular weight is 170 g/mol. The zero-order valence-corrected chi connectivity index (χ0v) is 6.90. The molecule has 0 spiro atoms. The van der Waals surface area contributed by atoms with Gasteiger partial charge < -0.3 is 9.26 Å². The van der Waals surface area contributed by atoms with Crippen molar-refractivity contribution in [3.05, 3.63) is 12.3 Å². The largest absolute Gasteiger partial charge is 0.372 e. The van der Waals surface area contributed by atoms with Gasteiger partial charge in [0.1, 0.15) is 6.10 Å². The summed E-state index contributed by atoms with van der Waals surface area (Å²) in [5.74, 6) is 0.0677. The molecule has 1 aromatic heterocycles. The van der Waals surface area contributed by atoms with Gasteiger partial charge in [-0.25, -0.2) is 0 Å². The number of hydrogen-bond acceptors (Lipinski definition) is 4. The molecule has 0 aromatic carbocycles. The number of carbonyl (C=O) groups excluding carboxylic acids is 1. The zero-order valence-electron chi connectivity index (χ0n) is 6.90. The van der Waals surface area contributed by atoms with Gasteiger partial charge in [0.2, 0.25) is 5.88 Å². The van der Waals surface area contributed by atoms with E-state index in [4.69, 9.17) is 4.74 Å². The van der Waals surface area contributed by atoms with E-state index in [1.54, 1.807) is 13.0 Å². The van der Waals surface area contributed by atoms with Crippen LogP contribution in [0.15, 0.2) is 16.8 Å². The molecule has 12 heavy (non-hydrogen) atoms. The number of anilines is 1. The second-order valence-electron chi connectivity index (χ2n) is 2.24. The maximum Gasteiger partial charge on any atom is 0.255 e. The van der Waals surface area contributed by atoms with Crippen LogP contribution < -0.4 is 5.32 Å². The molecule has 1 rings (SSSR count). The van der Waals surface area contributed by atoms with Gasteiger partial charge in [-0.2, -0.15) is 0 Å². The quantitative estimate of drug-likeness (QED) is 0.723. The van der Waals surface area contributed by atoms with Crippen LogP contribution >= 0.6 is 0 Å². The molecule has 1 atom stereocenters. The van der Waals surface area contributed by atoms with E-state index in [1.807, 2.05) is 0 Å². The summed E-state index contributed by atoms with van der Waals surface area (Å²) >= 11 is 0. The van der Waals surface area contributed by atoms with Crippen LogP contribution in [0.4, 0.5) is 5.88 Å². The summed E-state index contributed by atoms with van der Waals surface area (Å²) in [6.07, 6.45) is 0.961. The van der Waals surface area contributed by atoms with Crippen LogP contribution in [0, 0.1) is 0 Å². The van der Waals surface area contributed by atoms with Gasteiger partial charge in [0.15, 0.2) is 0 Å². The maximum absolute atomic E-state index is 11.1. The lowest BCUT2D eigenvalue weighted by Gasteiger charge is -2.06. The summed E-state index contributed by atoms with van der Waals surface area (Å²) in [6, 6.07) is 1.56. The highest BCUT2D eigenvalue weighted by molar-refractivity contribution is 5.92. The molecule has 0 saturated carbocycles. The smallest absolute Gasteiger partial charge is 0.255 e. The van der Waals surface area contributed by atoms with Crippen molar-refractivity contribution in [1.29, 1.82) is 0 Å². The molecular formula is C7H10N2O3. The number of aromatic nitrogens is 1. The summed E-state index contributed by atoms with van der Waals surface area (Å²) in [7, 11) is 1.46. The molecule has 1 N–H and O–H groups in total. The molecule has 1 amide bonds. The van der Waals surface area contributed by atoms with Gasteiger partial charge in [-0.05, 0) is 6.92 Å². The summed E-state index contributed by atoms with van der Waals surface area (Å²) in [4.78, 5) is 11.1. The van der Waals surface area contributed by atoms with E-state index in [2.05, 4.69) is 15.0 Å². The molecule has 0 aliphatic heterocycles.